The van der Waals surface area contributed by atoms with Crippen molar-refractivity contribution in [1.82, 2.24) is 45.3 Å². The second-order valence-electron chi connectivity index (χ2n) is 10.2. The van der Waals surface area contributed by atoms with Crippen LogP contribution in [0.3, 0.4) is 0 Å². The van der Waals surface area contributed by atoms with Crippen LogP contribution in [0.1, 0.15) is 53.1 Å². The van der Waals surface area contributed by atoms with E-state index in [4.69, 9.17) is 17.0 Å². The van der Waals surface area contributed by atoms with Crippen molar-refractivity contribution in [2.75, 3.05) is 13.6 Å². The molecule has 4 aromatic rings. The van der Waals surface area contributed by atoms with Gasteiger partial charge in [0, 0.05) is 24.7 Å². The number of guanidine groups is 1. The van der Waals surface area contributed by atoms with Crippen molar-refractivity contribution < 1.29 is 27.2 Å². The molecule has 0 saturated heterocycles. The zero-order chi connectivity index (χ0) is 32.3. The molecule has 2 amide bonds. The number of halogens is 5. The molecule has 1 aliphatic carbocycles. The van der Waals surface area contributed by atoms with Gasteiger partial charge in [0.05, 0.1) is 29.0 Å². The Morgan fingerprint density at radius 1 is 1.16 bits per heavy atom. The summed E-state index contributed by atoms with van der Waals surface area (Å²) < 4.78 is 53.5. The molecule has 0 spiro atoms. The maximum atomic E-state index is 14.0. The molecule has 12 nitrogen and oxygen atoms in total. The first kappa shape index (κ1) is 31.6. The molecular weight excluding hydrogens is 620 g/mol. The van der Waals surface area contributed by atoms with E-state index < -0.39 is 49.6 Å². The van der Waals surface area contributed by atoms with E-state index >= 15 is 0 Å². The van der Waals surface area contributed by atoms with Crippen LogP contribution in [-0.2, 0) is 11.5 Å². The van der Waals surface area contributed by atoms with E-state index in [2.05, 4.69) is 30.9 Å². The minimum atomic E-state index is -4.76. The predicted molar refractivity (Wildman–Crippen MR) is 154 cm³/mol. The Morgan fingerprint density at radius 2 is 1.89 bits per heavy atom. The zero-order valence-electron chi connectivity index (χ0n) is 23.7. The van der Waals surface area contributed by atoms with Gasteiger partial charge in [-0.1, -0.05) is 29.8 Å². The molecule has 2 aromatic carbocycles. The number of carbonyl (C=O) groups excluding carboxylic acids is 2. The molecular formula is C28H27ClF4N10O2. The van der Waals surface area contributed by atoms with Gasteiger partial charge in [0.1, 0.15) is 25.1 Å². The van der Waals surface area contributed by atoms with Gasteiger partial charge in [-0.2, -0.15) is 33.3 Å². The van der Waals surface area contributed by atoms with Crippen LogP contribution in [0.5, 0.6) is 0 Å². The first-order chi connectivity index (χ1) is 21.5. The van der Waals surface area contributed by atoms with Gasteiger partial charge in [0.15, 0.2) is 11.8 Å². The number of hydrogen-bond donors (Lipinski definition) is 3. The second kappa shape index (κ2) is 13.0. The third-order valence-corrected chi connectivity index (χ3v) is 7.31. The minimum Gasteiger partial charge on any atom is -0.359 e. The molecule has 2 heterocycles. The molecule has 0 aliphatic heterocycles. The van der Waals surface area contributed by atoms with E-state index in [0.29, 0.717) is 11.3 Å². The molecule has 3 N–H and O–H groups in total. The highest BCUT2D eigenvalue weighted by Gasteiger charge is 2.34. The summed E-state index contributed by atoms with van der Waals surface area (Å²) in [6, 6.07) is 9.80. The summed E-state index contributed by atoms with van der Waals surface area (Å²) >= 11 is 6.38. The van der Waals surface area contributed by atoms with E-state index in [0.717, 1.165) is 28.8 Å². The quantitative estimate of drug-likeness (QED) is 0.132. The number of carbonyl (C=O) groups is 2. The summed E-state index contributed by atoms with van der Waals surface area (Å²) in [7, 11) is 1.39. The minimum absolute atomic E-state index is 0.0720. The fourth-order valence-electron chi connectivity index (χ4n) is 4.60. The van der Waals surface area contributed by atoms with E-state index in [1.165, 1.54) is 37.4 Å². The molecule has 1 saturated carbocycles. The van der Waals surface area contributed by atoms with Crippen LogP contribution in [0.25, 0.3) is 16.9 Å². The van der Waals surface area contributed by atoms with Crippen LogP contribution < -0.4 is 10.6 Å². The number of hydrogen-bond acceptors (Lipinski definition) is 7. The Kier molecular flexibility index (Phi) is 9.13. The smallest absolute Gasteiger partial charge is 0.359 e. The summed E-state index contributed by atoms with van der Waals surface area (Å²) in [6.45, 7) is -1.49. The Bertz CT molecular complexity index is 1700. The average Bonchev–Trinajstić information content (AvgIpc) is 3.54. The summed E-state index contributed by atoms with van der Waals surface area (Å²) in [5, 5.41) is 26.3. The number of rotatable bonds is 10. The van der Waals surface area contributed by atoms with Crippen molar-refractivity contribution in [1.29, 1.82) is 5.41 Å². The normalized spacial score (nSPS) is 13.7. The highest BCUT2D eigenvalue weighted by atomic mass is 35.5. The van der Waals surface area contributed by atoms with Gasteiger partial charge >= 0.3 is 6.18 Å². The van der Waals surface area contributed by atoms with Crippen molar-refractivity contribution in [3.63, 3.8) is 0 Å². The van der Waals surface area contributed by atoms with Gasteiger partial charge in [-0.25, -0.2) is 14.1 Å². The number of aromatic nitrogens is 6. The molecule has 1 atom stereocenters. The van der Waals surface area contributed by atoms with Crippen LogP contribution in [0.4, 0.5) is 17.6 Å². The van der Waals surface area contributed by atoms with E-state index in [1.54, 1.807) is 23.1 Å². The molecule has 0 radical (unpaired) electrons. The predicted octanol–water partition coefficient (Wildman–Crippen LogP) is 4.39. The van der Waals surface area contributed by atoms with Gasteiger partial charge in [-0.05, 0) is 42.7 Å². The Balaban J connectivity index is 1.50. The number of nitrogens with one attached hydrogen (secondary N) is 3. The van der Waals surface area contributed by atoms with Gasteiger partial charge in [-0.3, -0.25) is 19.9 Å². The maximum Gasteiger partial charge on any atom is 0.397 e. The van der Waals surface area contributed by atoms with Crippen LogP contribution in [0.2, 0.25) is 5.02 Å². The lowest BCUT2D eigenvalue weighted by molar-refractivity contribution is -0.153. The molecule has 0 bridgehead atoms. The summed E-state index contributed by atoms with van der Waals surface area (Å²) in [5.41, 5.74) is 1.87. The van der Waals surface area contributed by atoms with E-state index in [1.807, 2.05) is 0 Å². The van der Waals surface area contributed by atoms with Crippen LogP contribution in [0.15, 0.2) is 55.0 Å². The van der Waals surface area contributed by atoms with Crippen molar-refractivity contribution in [2.24, 2.45) is 0 Å². The summed E-state index contributed by atoms with van der Waals surface area (Å²) in [6.07, 6.45) is -1.74. The SMILES string of the molecule is CNC(=N)N(C(=O)c1ccc(-c2cnn(C3CC3)n2)cc1)[C@H](CNC(=O)CC(F)(F)F)c1ccc(Cl)c(-n2ncnc2CF)c1. The van der Waals surface area contributed by atoms with Crippen molar-refractivity contribution in [2.45, 2.75) is 44.2 Å². The van der Waals surface area contributed by atoms with E-state index in [-0.39, 0.29) is 33.7 Å². The fourth-order valence-corrected chi connectivity index (χ4v) is 4.80. The molecule has 45 heavy (non-hydrogen) atoms. The largest absolute Gasteiger partial charge is 0.397 e. The molecule has 17 heteroatoms. The Labute approximate surface area is 258 Å². The highest BCUT2D eigenvalue weighted by molar-refractivity contribution is 6.32. The molecule has 1 aliphatic rings. The Morgan fingerprint density at radius 3 is 2.53 bits per heavy atom. The first-order valence-corrected chi connectivity index (χ1v) is 14.1. The molecule has 0 unspecified atom stereocenters. The van der Waals surface area contributed by atoms with E-state index in [9.17, 15) is 27.2 Å². The lowest BCUT2D eigenvalue weighted by atomic mass is 10.0. The summed E-state index contributed by atoms with van der Waals surface area (Å²) in [4.78, 5) is 32.7. The number of nitrogens with zero attached hydrogens (tertiary/aromatic N) is 7. The number of benzene rings is 2. The van der Waals surface area contributed by atoms with Crippen LogP contribution >= 0.6 is 11.6 Å². The third kappa shape index (κ3) is 7.28. The standard InChI is InChI=1S/C28H27ClF4N10O2/c1-35-27(34)41(26(45)17-4-2-16(3-5-17)21-13-38-43(40-21)19-7-8-19)23(14-36-25(44)11-28(31,32)33)18-6-9-20(29)22(10-18)42-24(12-30)37-15-39-42/h2-6,9-10,13,15,19,23H,7-8,11-12,14H2,1H3,(H2,34,35)(H,36,44)/t23-/m1/s1. The molecule has 5 rings (SSSR count). The maximum absolute atomic E-state index is 14.0. The fraction of sp³-hybridized carbons (Fsp3) is 0.321. The van der Waals surface area contributed by atoms with Crippen LogP contribution in [0, 0.1) is 5.41 Å². The van der Waals surface area contributed by atoms with Crippen molar-refractivity contribution >= 4 is 29.4 Å². The first-order valence-electron chi connectivity index (χ1n) is 13.7. The Hall–Kier alpha value is -4.86. The third-order valence-electron chi connectivity index (χ3n) is 6.99. The summed E-state index contributed by atoms with van der Waals surface area (Å²) in [5.74, 6) is -2.51. The zero-order valence-corrected chi connectivity index (χ0v) is 24.5. The molecule has 2 aromatic heterocycles. The lowest BCUT2D eigenvalue weighted by Gasteiger charge is -2.32. The molecule has 1 fully saturated rings. The van der Waals surface area contributed by atoms with Gasteiger partial charge in [0.2, 0.25) is 5.91 Å². The topological polar surface area (TPSA) is 147 Å². The second-order valence-corrected chi connectivity index (χ2v) is 10.6. The number of alkyl halides is 4. The van der Waals surface area contributed by atoms with Gasteiger partial charge in [-0.15, -0.1) is 0 Å². The number of amides is 2. The molecule has 236 valence electrons. The average molecular weight is 647 g/mol. The van der Waals surface area contributed by atoms with Crippen LogP contribution in [-0.4, -0.2) is 72.2 Å². The lowest BCUT2D eigenvalue weighted by Crippen LogP contribution is -2.49. The van der Waals surface area contributed by atoms with Crippen molar-refractivity contribution in [3.8, 4) is 16.9 Å². The monoisotopic (exact) mass is 646 g/mol. The van der Waals surface area contributed by atoms with Gasteiger partial charge in [0.25, 0.3) is 5.91 Å². The van der Waals surface area contributed by atoms with Crippen molar-refractivity contribution in [3.05, 3.63) is 77.0 Å². The highest BCUT2D eigenvalue weighted by Crippen LogP contribution is 2.34. The van der Waals surface area contributed by atoms with Gasteiger partial charge < -0.3 is 10.6 Å².